The first-order valence-electron chi connectivity index (χ1n) is 7.21. The van der Waals surface area contributed by atoms with E-state index in [0.717, 1.165) is 11.3 Å². The Bertz CT molecular complexity index is 755. The van der Waals surface area contributed by atoms with Crippen molar-refractivity contribution in [3.63, 3.8) is 0 Å². The Hall–Kier alpha value is -2.61. The highest BCUT2D eigenvalue weighted by atomic mass is 35.5. The highest BCUT2D eigenvalue weighted by Crippen LogP contribution is 2.26. The Labute approximate surface area is 143 Å². The summed E-state index contributed by atoms with van der Waals surface area (Å²) in [4.78, 5) is 22.3. The number of amides is 2. The highest BCUT2D eigenvalue weighted by molar-refractivity contribution is 6.33. The van der Waals surface area contributed by atoms with E-state index < -0.39 is 11.0 Å². The van der Waals surface area contributed by atoms with Gasteiger partial charge in [0.2, 0.25) is 0 Å². The van der Waals surface area contributed by atoms with Crippen molar-refractivity contribution in [3.8, 4) is 0 Å². The number of halogens is 1. The number of rotatable bonds is 5. The van der Waals surface area contributed by atoms with Crippen LogP contribution in [0.1, 0.15) is 23.9 Å². The van der Waals surface area contributed by atoms with Crippen molar-refractivity contribution in [2.45, 2.75) is 33.2 Å². The van der Waals surface area contributed by atoms with Gasteiger partial charge in [0.05, 0.1) is 21.3 Å². The highest BCUT2D eigenvalue weighted by Gasteiger charge is 2.16. The van der Waals surface area contributed by atoms with Crippen molar-refractivity contribution in [1.29, 1.82) is 0 Å². The van der Waals surface area contributed by atoms with Crippen LogP contribution < -0.4 is 10.6 Å². The number of hydrogen-bond donors (Lipinski definition) is 2. The van der Waals surface area contributed by atoms with E-state index in [1.165, 1.54) is 18.2 Å². The van der Waals surface area contributed by atoms with Gasteiger partial charge in [0, 0.05) is 23.7 Å². The van der Waals surface area contributed by atoms with Crippen LogP contribution in [-0.4, -0.2) is 22.2 Å². The predicted molar refractivity (Wildman–Crippen MR) is 89.4 cm³/mol. The van der Waals surface area contributed by atoms with Gasteiger partial charge in [-0.15, -0.1) is 0 Å². The second-order valence-electron chi connectivity index (χ2n) is 5.43. The van der Waals surface area contributed by atoms with Crippen molar-refractivity contribution in [1.82, 2.24) is 10.5 Å². The van der Waals surface area contributed by atoms with Gasteiger partial charge in [-0.05, 0) is 33.3 Å². The van der Waals surface area contributed by atoms with Gasteiger partial charge in [0.25, 0.3) is 5.69 Å². The van der Waals surface area contributed by atoms with Crippen molar-refractivity contribution in [2.75, 3.05) is 5.32 Å². The van der Waals surface area contributed by atoms with E-state index in [2.05, 4.69) is 15.8 Å². The largest absolute Gasteiger partial charge is 0.361 e. The first kappa shape index (κ1) is 17.7. The third-order valence-corrected chi connectivity index (χ3v) is 3.81. The Kier molecular flexibility index (Phi) is 5.40. The Morgan fingerprint density at radius 3 is 2.75 bits per heavy atom. The summed E-state index contributed by atoms with van der Waals surface area (Å²) in [5.41, 5.74) is 1.74. The molecule has 24 heavy (non-hydrogen) atoms. The van der Waals surface area contributed by atoms with Crippen LogP contribution in [0.2, 0.25) is 5.02 Å². The molecule has 128 valence electrons. The second-order valence-corrected chi connectivity index (χ2v) is 5.83. The molecule has 0 aliphatic heterocycles. The molecule has 0 spiro atoms. The van der Waals surface area contributed by atoms with Crippen molar-refractivity contribution < 1.29 is 14.2 Å². The number of nitro benzene ring substituents is 1. The standard InChI is InChI=1S/C15H17ClN4O4/c1-8(6-12-9(2)19-24-10(12)3)17-15(21)18-14-7-11(20(22)23)4-5-13(14)16/h4-5,7-8H,6H2,1-3H3,(H2,17,18,21)/t8-/m0/s1. The minimum Gasteiger partial charge on any atom is -0.361 e. The maximum Gasteiger partial charge on any atom is 0.319 e. The zero-order valence-corrected chi connectivity index (χ0v) is 14.2. The fourth-order valence-corrected chi connectivity index (χ4v) is 2.42. The first-order valence-corrected chi connectivity index (χ1v) is 7.59. The topological polar surface area (TPSA) is 110 Å². The minimum atomic E-state index is -0.556. The molecule has 0 saturated carbocycles. The van der Waals surface area contributed by atoms with Crippen LogP contribution in [0.25, 0.3) is 0 Å². The van der Waals surface area contributed by atoms with Crippen molar-refractivity contribution in [3.05, 3.63) is 50.4 Å². The molecule has 1 aromatic carbocycles. The number of hydrogen-bond acceptors (Lipinski definition) is 5. The average Bonchev–Trinajstić information content (AvgIpc) is 2.81. The van der Waals surface area contributed by atoms with E-state index >= 15 is 0 Å². The summed E-state index contributed by atoms with van der Waals surface area (Å²) in [6.45, 7) is 5.48. The molecule has 2 amide bonds. The SMILES string of the molecule is Cc1noc(C)c1C[C@H](C)NC(=O)Nc1cc([N+](=O)[O-])ccc1Cl. The quantitative estimate of drug-likeness (QED) is 0.630. The van der Waals surface area contributed by atoms with Gasteiger partial charge in [0.1, 0.15) is 5.76 Å². The summed E-state index contributed by atoms with van der Waals surface area (Å²) in [6, 6.07) is 3.14. The van der Waals surface area contributed by atoms with Gasteiger partial charge in [0.15, 0.2) is 0 Å². The molecular formula is C15H17ClN4O4. The van der Waals surface area contributed by atoms with Gasteiger partial charge in [-0.3, -0.25) is 10.1 Å². The molecule has 8 nitrogen and oxygen atoms in total. The fourth-order valence-electron chi connectivity index (χ4n) is 2.26. The van der Waals surface area contributed by atoms with Crippen LogP contribution in [0, 0.1) is 24.0 Å². The Morgan fingerprint density at radius 2 is 2.17 bits per heavy atom. The monoisotopic (exact) mass is 352 g/mol. The molecule has 2 N–H and O–H groups in total. The number of urea groups is 1. The van der Waals surface area contributed by atoms with Gasteiger partial charge in [-0.2, -0.15) is 0 Å². The minimum absolute atomic E-state index is 0.154. The molecule has 2 aromatic rings. The third-order valence-electron chi connectivity index (χ3n) is 3.48. The molecular weight excluding hydrogens is 336 g/mol. The molecule has 1 aromatic heterocycles. The molecule has 0 saturated heterocycles. The molecule has 0 aliphatic rings. The summed E-state index contributed by atoms with van der Waals surface area (Å²) in [6.07, 6.45) is 0.553. The normalized spacial score (nSPS) is 11.8. The molecule has 0 unspecified atom stereocenters. The number of nitrogens with one attached hydrogen (secondary N) is 2. The number of nitro groups is 1. The predicted octanol–water partition coefficient (Wildman–Crippen LogP) is 3.61. The van der Waals surface area contributed by atoms with Gasteiger partial charge < -0.3 is 15.2 Å². The third kappa shape index (κ3) is 4.23. The molecule has 0 aliphatic carbocycles. The van der Waals surface area contributed by atoms with Crippen LogP contribution in [0.4, 0.5) is 16.2 Å². The van der Waals surface area contributed by atoms with Crippen LogP contribution in [0.15, 0.2) is 22.7 Å². The van der Waals surface area contributed by atoms with Crippen molar-refractivity contribution in [2.24, 2.45) is 0 Å². The van der Waals surface area contributed by atoms with Gasteiger partial charge in [-0.1, -0.05) is 16.8 Å². The number of carbonyl (C=O) groups excluding carboxylic acids is 1. The lowest BCUT2D eigenvalue weighted by Crippen LogP contribution is -2.37. The van der Waals surface area contributed by atoms with Crippen LogP contribution >= 0.6 is 11.6 Å². The molecule has 1 atom stereocenters. The molecule has 9 heteroatoms. The smallest absolute Gasteiger partial charge is 0.319 e. The molecule has 0 fully saturated rings. The number of nitrogens with zero attached hydrogens (tertiary/aromatic N) is 2. The van der Waals surface area contributed by atoms with Crippen LogP contribution in [0.5, 0.6) is 0 Å². The number of anilines is 1. The lowest BCUT2D eigenvalue weighted by molar-refractivity contribution is -0.384. The number of aromatic nitrogens is 1. The van der Waals surface area contributed by atoms with E-state index in [9.17, 15) is 14.9 Å². The Balaban J connectivity index is 2.00. The van der Waals surface area contributed by atoms with E-state index in [1.807, 2.05) is 20.8 Å². The number of benzene rings is 1. The number of aryl methyl sites for hydroxylation is 2. The number of carbonyl (C=O) groups is 1. The van der Waals surface area contributed by atoms with E-state index in [4.69, 9.17) is 16.1 Å². The molecule has 2 rings (SSSR count). The maximum absolute atomic E-state index is 12.1. The molecule has 0 bridgehead atoms. The number of non-ortho nitro benzene ring substituents is 1. The van der Waals surface area contributed by atoms with Crippen LogP contribution in [0.3, 0.4) is 0 Å². The molecule has 1 heterocycles. The first-order chi connectivity index (χ1) is 11.3. The zero-order chi connectivity index (χ0) is 17.9. The lowest BCUT2D eigenvalue weighted by atomic mass is 10.1. The summed E-state index contributed by atoms with van der Waals surface area (Å²) < 4.78 is 5.09. The van der Waals surface area contributed by atoms with E-state index in [-0.39, 0.29) is 22.4 Å². The Morgan fingerprint density at radius 1 is 1.46 bits per heavy atom. The van der Waals surface area contributed by atoms with Gasteiger partial charge in [-0.25, -0.2) is 4.79 Å². The average molecular weight is 353 g/mol. The van der Waals surface area contributed by atoms with Crippen molar-refractivity contribution >= 4 is 29.0 Å². The molecule has 0 radical (unpaired) electrons. The summed E-state index contributed by atoms with van der Waals surface area (Å²) in [5, 5.41) is 20.1. The summed E-state index contributed by atoms with van der Waals surface area (Å²) >= 11 is 5.95. The second kappa shape index (κ2) is 7.31. The lowest BCUT2D eigenvalue weighted by Gasteiger charge is -2.15. The van der Waals surface area contributed by atoms with Crippen LogP contribution in [-0.2, 0) is 6.42 Å². The van der Waals surface area contributed by atoms with Gasteiger partial charge >= 0.3 is 6.03 Å². The van der Waals surface area contributed by atoms with E-state index in [1.54, 1.807) is 0 Å². The fraction of sp³-hybridized carbons (Fsp3) is 0.333. The maximum atomic E-state index is 12.1. The summed E-state index contributed by atoms with van der Waals surface area (Å²) in [5.74, 6) is 0.711. The van der Waals surface area contributed by atoms with E-state index in [0.29, 0.717) is 12.2 Å². The zero-order valence-electron chi connectivity index (χ0n) is 13.4. The summed E-state index contributed by atoms with van der Waals surface area (Å²) in [7, 11) is 0.